The zero-order valence-electron chi connectivity index (χ0n) is 37.1. The fourth-order valence-electron chi connectivity index (χ4n) is 8.80. The van der Waals surface area contributed by atoms with Crippen molar-refractivity contribution in [3.63, 3.8) is 0 Å². The van der Waals surface area contributed by atoms with E-state index in [4.69, 9.17) is 18.8 Å². The number of para-hydroxylation sites is 5. The van der Waals surface area contributed by atoms with E-state index < -0.39 is 13.3 Å². The molecule has 0 N–H and O–H groups in total. The largest absolute Gasteiger partial charge is 0.500 e. The first-order chi connectivity index (χ1) is 29.4. The van der Waals surface area contributed by atoms with Gasteiger partial charge in [0.25, 0.3) is 0 Å². The maximum absolute atomic E-state index is 6.20. The van der Waals surface area contributed by atoms with Gasteiger partial charge in [-0.25, -0.2) is 0 Å². The Balaban J connectivity index is 0.000000172. The molecule has 1 radical (unpaired) electrons. The zero-order valence-corrected chi connectivity index (χ0v) is 41.5. The molecule has 0 aliphatic heterocycles. The Kier molecular flexibility index (Phi) is 12.2. The summed E-state index contributed by atoms with van der Waals surface area (Å²) in [6, 6.07) is 48.8. The molecule has 0 amide bonds. The van der Waals surface area contributed by atoms with Crippen LogP contribution in [-0.2, 0) is 26.5 Å². The van der Waals surface area contributed by atoms with Gasteiger partial charge in [-0.05, 0) is 41.2 Å². The number of fused-ring (bicyclic) bond motifs is 7. The quantitative estimate of drug-likeness (QED) is 0.112. The van der Waals surface area contributed by atoms with Crippen LogP contribution in [0.3, 0.4) is 0 Å². The molecule has 4 heterocycles. The van der Waals surface area contributed by atoms with Crippen molar-refractivity contribution in [2.75, 3.05) is 0 Å². The average Bonchev–Trinajstić information content (AvgIpc) is 3.94. The molecule has 0 spiro atoms. The maximum atomic E-state index is 6.20. The Bertz CT molecular complexity index is 3190. The molecule has 10 aromatic rings. The summed E-state index contributed by atoms with van der Waals surface area (Å²) in [5.41, 5.74) is 13.8. The number of imidazole rings is 1. The average molecular weight is 1050 g/mol. The van der Waals surface area contributed by atoms with Gasteiger partial charge in [-0.3, -0.25) is 4.98 Å². The van der Waals surface area contributed by atoms with E-state index in [-0.39, 0.29) is 20.1 Å². The van der Waals surface area contributed by atoms with Crippen LogP contribution in [0.15, 0.2) is 136 Å². The van der Waals surface area contributed by atoms with E-state index in [1.165, 1.54) is 26.8 Å². The van der Waals surface area contributed by atoms with E-state index in [1.807, 2.05) is 36.4 Å². The van der Waals surface area contributed by atoms with Gasteiger partial charge in [0, 0.05) is 31.2 Å². The van der Waals surface area contributed by atoms with Gasteiger partial charge in [0.05, 0.1) is 22.4 Å². The number of benzene rings is 6. The molecule has 0 saturated heterocycles. The van der Waals surface area contributed by atoms with Gasteiger partial charge in [0.1, 0.15) is 5.58 Å². The van der Waals surface area contributed by atoms with Crippen molar-refractivity contribution in [2.45, 2.75) is 77.1 Å². The standard InChI is InChI=1S/C31H27N2O.C24H26GeNO.Ir/c1-19(2)22-11-9-12-23(20(3)4)30(22)33-27-14-7-6-13-26(27)32-31(33)21-16-17-29-25(18-21)24-10-5-8-15-28(24)34-29;1-16(2)13-17-14-22(26-15-21(17)25(3,4)5)20-11-8-10-19-18-9-6-7-12-23(18)27-24(19)20;/h5-15,17-20H,1-4H3;6-10,12,14-16H,13H2,1-5H3;/q2*-1;. The predicted molar refractivity (Wildman–Crippen MR) is 258 cm³/mol. The van der Waals surface area contributed by atoms with Crippen molar-refractivity contribution in [1.29, 1.82) is 0 Å². The second-order valence-corrected chi connectivity index (χ2v) is 28.9. The molecule has 0 fully saturated rings. The van der Waals surface area contributed by atoms with Crippen molar-refractivity contribution in [1.82, 2.24) is 14.5 Å². The Morgan fingerprint density at radius 3 is 1.98 bits per heavy atom. The molecule has 4 aromatic heterocycles. The van der Waals surface area contributed by atoms with Crippen LogP contribution in [0.5, 0.6) is 0 Å². The minimum atomic E-state index is -1.98. The van der Waals surface area contributed by atoms with E-state index in [9.17, 15) is 0 Å². The Hall–Kier alpha value is -5.27. The van der Waals surface area contributed by atoms with Crippen molar-refractivity contribution in [2.24, 2.45) is 5.92 Å². The summed E-state index contributed by atoms with van der Waals surface area (Å²) < 4.78 is 16.1. The first kappa shape index (κ1) is 43.4. The molecule has 5 nitrogen and oxygen atoms in total. The monoisotopic (exact) mass is 1050 g/mol. The van der Waals surface area contributed by atoms with Crippen LogP contribution in [0.25, 0.3) is 83.2 Å². The van der Waals surface area contributed by atoms with Crippen molar-refractivity contribution in [3.05, 3.63) is 156 Å². The number of nitrogens with zero attached hydrogens (tertiary/aromatic N) is 3. The molecule has 6 aromatic carbocycles. The topological polar surface area (TPSA) is 57.0 Å². The molecule has 7 heteroatoms. The van der Waals surface area contributed by atoms with Crippen molar-refractivity contribution < 1.29 is 28.9 Å². The Morgan fingerprint density at radius 2 is 1.31 bits per heavy atom. The van der Waals surface area contributed by atoms with Crippen LogP contribution in [0.1, 0.15) is 70.1 Å². The number of hydrogen-bond acceptors (Lipinski definition) is 4. The van der Waals surface area contributed by atoms with E-state index in [0.29, 0.717) is 17.8 Å². The number of rotatable bonds is 8. The molecule has 0 aliphatic rings. The van der Waals surface area contributed by atoms with Gasteiger partial charge >= 0.3 is 164 Å². The maximum Gasteiger partial charge on any atom is 0.120 e. The second-order valence-electron chi connectivity index (χ2n) is 18.3. The number of furan rings is 2. The van der Waals surface area contributed by atoms with Gasteiger partial charge in [0.15, 0.2) is 0 Å². The molecule has 0 bridgehead atoms. The molecule has 315 valence electrons. The SMILES string of the molecule is CC(C)Cc1cc(-c2[c-]ccc3c2oc2ccccc23)nc[c]1[Ge]([CH3])([CH3])[CH3].CC(C)c1cccc(C(C)C)c1-n1c(-c2[c-]cc3oc4ccccc4c3c2)nc2ccccc21.[Ir]. The molecule has 10 rings (SSSR count). The Labute approximate surface area is 381 Å². The predicted octanol–water partition coefficient (Wildman–Crippen LogP) is 14.8. The smallest absolute Gasteiger partial charge is 0.120 e. The molecule has 0 unspecified atom stereocenters. The minimum Gasteiger partial charge on any atom is -0.500 e. The van der Waals surface area contributed by atoms with Gasteiger partial charge in [0.2, 0.25) is 0 Å². The van der Waals surface area contributed by atoms with Crippen LogP contribution in [0.4, 0.5) is 0 Å². The van der Waals surface area contributed by atoms with Crippen LogP contribution in [-0.4, -0.2) is 27.8 Å². The molecule has 62 heavy (non-hydrogen) atoms. The van der Waals surface area contributed by atoms with Gasteiger partial charge < -0.3 is 8.98 Å². The van der Waals surface area contributed by atoms with Crippen molar-refractivity contribution >= 4 is 72.6 Å². The van der Waals surface area contributed by atoms with Crippen LogP contribution < -0.4 is 4.40 Å². The summed E-state index contributed by atoms with van der Waals surface area (Å²) in [5, 5.41) is 4.47. The van der Waals surface area contributed by atoms with E-state index in [0.717, 1.165) is 84.0 Å². The number of hydrogen-bond donors (Lipinski definition) is 0. The van der Waals surface area contributed by atoms with Gasteiger partial charge in [-0.15, -0.1) is 23.8 Å². The first-order valence-corrected chi connectivity index (χ1v) is 29.0. The number of pyridine rings is 1. The summed E-state index contributed by atoms with van der Waals surface area (Å²) in [4.78, 5) is 9.99. The summed E-state index contributed by atoms with van der Waals surface area (Å²) >= 11 is -1.98. The fourth-order valence-corrected chi connectivity index (χ4v) is 12.1. The second kappa shape index (κ2) is 17.5. The summed E-state index contributed by atoms with van der Waals surface area (Å²) in [6.45, 7) is 13.6. The molecule has 0 saturated carbocycles. The fraction of sp³-hybridized carbons (Fsp3) is 0.236. The summed E-state index contributed by atoms with van der Waals surface area (Å²) in [7, 11) is 0. The molecule has 0 aliphatic carbocycles. The molecular formula is C55H53GeIrN3O2-2. The first-order valence-electron chi connectivity index (χ1n) is 21.6. The van der Waals surface area contributed by atoms with Crippen LogP contribution in [0.2, 0.25) is 17.3 Å². The Morgan fingerprint density at radius 1 is 0.661 bits per heavy atom. The summed E-state index contributed by atoms with van der Waals surface area (Å²) in [6.07, 6.45) is 3.21. The third-order valence-electron chi connectivity index (χ3n) is 11.7. The van der Waals surface area contributed by atoms with Gasteiger partial charge in [-0.1, -0.05) is 81.6 Å². The molecular weight excluding hydrogens is 999 g/mol. The normalized spacial score (nSPS) is 12.0. The van der Waals surface area contributed by atoms with Gasteiger partial charge in [-0.2, -0.15) is 0 Å². The van der Waals surface area contributed by atoms with E-state index in [2.05, 4.69) is 167 Å². The van der Waals surface area contributed by atoms with E-state index in [1.54, 1.807) is 0 Å². The van der Waals surface area contributed by atoms with E-state index >= 15 is 0 Å². The van der Waals surface area contributed by atoms with Crippen LogP contribution in [0, 0.1) is 18.1 Å². The zero-order chi connectivity index (χ0) is 42.6. The number of aromatic nitrogens is 3. The van der Waals surface area contributed by atoms with Crippen LogP contribution >= 0.6 is 0 Å². The third kappa shape index (κ3) is 8.09. The van der Waals surface area contributed by atoms with Crippen molar-refractivity contribution in [3.8, 4) is 28.3 Å². The summed E-state index contributed by atoms with van der Waals surface area (Å²) in [5.74, 6) is 9.60. The third-order valence-corrected chi connectivity index (χ3v) is 16.0. The molecule has 0 atom stereocenters. The minimum absolute atomic E-state index is 0.